The van der Waals surface area contributed by atoms with Gasteiger partial charge >= 0.3 is 5.97 Å². The van der Waals surface area contributed by atoms with E-state index in [4.69, 9.17) is 4.74 Å². The summed E-state index contributed by atoms with van der Waals surface area (Å²) >= 11 is 0. The van der Waals surface area contributed by atoms with E-state index in [2.05, 4.69) is 22.8 Å². The van der Waals surface area contributed by atoms with Gasteiger partial charge in [-0.1, -0.05) is 44.2 Å². The highest BCUT2D eigenvalue weighted by atomic mass is 16.6. The van der Waals surface area contributed by atoms with E-state index in [0.717, 1.165) is 12.8 Å². The Balaban J connectivity index is 2.49. The Kier molecular flexibility index (Phi) is 11.3. The van der Waals surface area contributed by atoms with Gasteiger partial charge < -0.3 is 20.5 Å². The zero-order chi connectivity index (χ0) is 23.4. The summed E-state index contributed by atoms with van der Waals surface area (Å²) in [4.78, 5) is 37.1. The predicted molar refractivity (Wildman–Crippen MR) is 120 cm³/mol. The van der Waals surface area contributed by atoms with E-state index in [1.54, 1.807) is 20.8 Å². The summed E-state index contributed by atoms with van der Waals surface area (Å²) in [6, 6.07) is 9.30. The Morgan fingerprint density at radius 2 is 1.71 bits per heavy atom. The average Bonchev–Trinajstić information content (AvgIpc) is 2.67. The van der Waals surface area contributed by atoms with Crippen LogP contribution in [0.15, 0.2) is 30.3 Å². The second-order valence-electron chi connectivity index (χ2n) is 9.17. The molecule has 0 aliphatic heterocycles. The maximum absolute atomic E-state index is 12.7. The van der Waals surface area contributed by atoms with Crippen LogP contribution >= 0.6 is 0 Å². The smallest absolute Gasteiger partial charge is 0.308 e. The second kappa shape index (κ2) is 13.1. The van der Waals surface area contributed by atoms with Crippen LogP contribution in [0.5, 0.6) is 0 Å². The molecule has 0 spiro atoms. The summed E-state index contributed by atoms with van der Waals surface area (Å²) in [5.41, 5.74) is 0.580. The Labute approximate surface area is 185 Å². The van der Waals surface area contributed by atoms with E-state index < -0.39 is 23.5 Å². The van der Waals surface area contributed by atoms with Crippen molar-refractivity contribution in [2.75, 3.05) is 13.2 Å². The van der Waals surface area contributed by atoms with Crippen molar-refractivity contribution in [3.8, 4) is 0 Å². The largest absolute Gasteiger partial charge is 0.460 e. The maximum Gasteiger partial charge on any atom is 0.308 e. The topological polar surface area (TPSA) is 105 Å². The van der Waals surface area contributed by atoms with Crippen LogP contribution in [0, 0.1) is 11.8 Å². The summed E-state index contributed by atoms with van der Waals surface area (Å²) in [6.07, 6.45) is 1.62. The average molecular weight is 435 g/mol. The highest BCUT2D eigenvalue weighted by Crippen LogP contribution is 2.17. The van der Waals surface area contributed by atoms with Crippen molar-refractivity contribution in [3.63, 3.8) is 0 Å². The minimum absolute atomic E-state index is 0.0550. The van der Waals surface area contributed by atoms with Crippen molar-refractivity contribution in [1.82, 2.24) is 10.6 Å². The van der Waals surface area contributed by atoms with Crippen LogP contribution in [0.3, 0.4) is 0 Å². The second-order valence-corrected chi connectivity index (χ2v) is 9.17. The van der Waals surface area contributed by atoms with E-state index in [-0.39, 0.29) is 37.2 Å². The normalized spacial score (nSPS) is 13.4. The molecule has 1 aromatic rings. The van der Waals surface area contributed by atoms with Crippen molar-refractivity contribution in [3.05, 3.63) is 35.9 Å². The fourth-order valence-corrected chi connectivity index (χ4v) is 3.12. The first-order chi connectivity index (χ1) is 14.5. The Morgan fingerprint density at radius 1 is 1.06 bits per heavy atom. The molecule has 2 amide bonds. The van der Waals surface area contributed by atoms with Crippen LogP contribution in [0.1, 0.15) is 59.4 Å². The molecule has 0 aliphatic rings. The van der Waals surface area contributed by atoms with E-state index in [1.165, 1.54) is 5.56 Å². The van der Waals surface area contributed by atoms with Crippen molar-refractivity contribution in [2.24, 2.45) is 11.8 Å². The number of esters is 1. The molecule has 0 bridgehead atoms. The zero-order valence-electron chi connectivity index (χ0n) is 19.4. The molecule has 1 rings (SSSR count). The first kappa shape index (κ1) is 26.6. The molecule has 2 atom stereocenters. The molecule has 0 heterocycles. The molecule has 3 N–H and O–H groups in total. The fourth-order valence-electron chi connectivity index (χ4n) is 3.12. The van der Waals surface area contributed by atoms with Crippen LogP contribution in [0.4, 0.5) is 0 Å². The first-order valence-electron chi connectivity index (χ1n) is 11.0. The van der Waals surface area contributed by atoms with Gasteiger partial charge in [0, 0.05) is 18.9 Å². The Morgan fingerprint density at radius 3 is 2.26 bits per heavy atom. The lowest BCUT2D eigenvalue weighted by atomic mass is 9.91. The minimum atomic E-state index is -0.752. The van der Waals surface area contributed by atoms with Crippen molar-refractivity contribution in [1.29, 1.82) is 0 Å². The summed E-state index contributed by atoms with van der Waals surface area (Å²) in [5.74, 6) is -1.66. The monoisotopic (exact) mass is 434 g/mol. The molecule has 0 saturated carbocycles. The molecule has 0 aromatic heterocycles. The number of aryl methyl sites for hydroxylation is 1. The minimum Gasteiger partial charge on any atom is -0.460 e. The zero-order valence-corrected chi connectivity index (χ0v) is 19.4. The number of rotatable bonds is 12. The number of hydrogen-bond donors (Lipinski definition) is 3. The molecule has 1 unspecified atom stereocenters. The number of aliphatic hydroxyl groups is 1. The number of carbonyl (C=O) groups is 3. The lowest BCUT2D eigenvalue weighted by Crippen LogP contribution is -2.45. The van der Waals surface area contributed by atoms with Gasteiger partial charge in [0.25, 0.3) is 0 Å². The Hall–Kier alpha value is -2.41. The molecular formula is C24H38N2O5. The molecule has 31 heavy (non-hydrogen) atoms. The third kappa shape index (κ3) is 11.5. The highest BCUT2D eigenvalue weighted by Gasteiger charge is 2.28. The van der Waals surface area contributed by atoms with Crippen LogP contribution in [-0.4, -0.2) is 47.7 Å². The Bertz CT molecular complexity index is 698. The molecule has 7 nitrogen and oxygen atoms in total. The van der Waals surface area contributed by atoms with Gasteiger partial charge in [0.2, 0.25) is 11.8 Å². The molecular weight excluding hydrogens is 396 g/mol. The summed E-state index contributed by atoms with van der Waals surface area (Å²) in [7, 11) is 0. The maximum atomic E-state index is 12.7. The van der Waals surface area contributed by atoms with Gasteiger partial charge in [-0.2, -0.15) is 0 Å². The van der Waals surface area contributed by atoms with E-state index in [0.29, 0.717) is 6.54 Å². The fraction of sp³-hybridized carbons (Fsp3) is 0.625. The SMILES string of the molecule is CC(C)C(CC(=O)NCCCc1ccccc1)C(=O)N[C@H](CO)CC(=O)OC(C)(C)C. The van der Waals surface area contributed by atoms with Gasteiger partial charge in [-0.05, 0) is 45.1 Å². The first-order valence-corrected chi connectivity index (χ1v) is 11.0. The third-order valence-electron chi connectivity index (χ3n) is 4.75. The number of ether oxygens (including phenoxy) is 1. The quantitative estimate of drug-likeness (QED) is 0.346. The molecule has 0 fully saturated rings. The lowest BCUT2D eigenvalue weighted by Gasteiger charge is -2.25. The van der Waals surface area contributed by atoms with Crippen LogP contribution in [-0.2, 0) is 25.5 Å². The van der Waals surface area contributed by atoms with E-state index in [9.17, 15) is 19.5 Å². The van der Waals surface area contributed by atoms with Gasteiger partial charge in [-0.3, -0.25) is 14.4 Å². The summed E-state index contributed by atoms with van der Waals surface area (Å²) in [6.45, 7) is 9.16. The van der Waals surface area contributed by atoms with Gasteiger partial charge in [-0.15, -0.1) is 0 Å². The van der Waals surface area contributed by atoms with Crippen molar-refractivity contribution < 1.29 is 24.2 Å². The number of benzene rings is 1. The standard InChI is InChI=1S/C24H38N2O5/c1-17(2)20(15-21(28)25-13-9-12-18-10-7-6-8-11-18)23(30)26-19(16-27)14-22(29)31-24(3,4)5/h6-8,10-11,17,19-20,27H,9,12-16H2,1-5H3,(H,25,28)(H,26,30)/t19-,20?/m0/s1. The number of carbonyl (C=O) groups excluding carboxylic acids is 3. The van der Waals surface area contributed by atoms with E-state index in [1.807, 2.05) is 32.0 Å². The van der Waals surface area contributed by atoms with E-state index >= 15 is 0 Å². The van der Waals surface area contributed by atoms with Crippen LogP contribution in [0.2, 0.25) is 0 Å². The molecule has 7 heteroatoms. The molecule has 0 radical (unpaired) electrons. The number of nitrogens with one attached hydrogen (secondary N) is 2. The lowest BCUT2D eigenvalue weighted by molar-refractivity contribution is -0.155. The van der Waals surface area contributed by atoms with Gasteiger partial charge in [-0.25, -0.2) is 0 Å². The van der Waals surface area contributed by atoms with Crippen LogP contribution in [0.25, 0.3) is 0 Å². The van der Waals surface area contributed by atoms with Gasteiger partial charge in [0.05, 0.1) is 19.1 Å². The molecule has 0 aliphatic carbocycles. The molecule has 1 aromatic carbocycles. The van der Waals surface area contributed by atoms with Gasteiger partial charge in [0.15, 0.2) is 0 Å². The number of hydrogen-bond acceptors (Lipinski definition) is 5. The van der Waals surface area contributed by atoms with Crippen molar-refractivity contribution in [2.45, 2.75) is 71.9 Å². The van der Waals surface area contributed by atoms with Crippen molar-refractivity contribution >= 4 is 17.8 Å². The predicted octanol–water partition coefficient (Wildman–Crippen LogP) is 2.61. The highest BCUT2D eigenvalue weighted by molar-refractivity contribution is 5.86. The number of aliphatic hydroxyl groups excluding tert-OH is 1. The van der Waals surface area contributed by atoms with Gasteiger partial charge in [0.1, 0.15) is 5.60 Å². The third-order valence-corrected chi connectivity index (χ3v) is 4.75. The molecule has 0 saturated heterocycles. The number of amides is 2. The van der Waals surface area contributed by atoms with Crippen LogP contribution < -0.4 is 10.6 Å². The summed E-state index contributed by atoms with van der Waals surface area (Å²) < 4.78 is 5.25. The molecule has 174 valence electrons. The summed E-state index contributed by atoms with van der Waals surface area (Å²) in [5, 5.41) is 15.1.